The second-order valence-corrected chi connectivity index (χ2v) is 20.8. The van der Waals surface area contributed by atoms with Gasteiger partial charge in [0.2, 0.25) is 0 Å². The normalized spacial score (nSPS) is 14.3. The maximum atomic E-state index is 5.46. The van der Waals surface area contributed by atoms with Crippen molar-refractivity contribution in [2.24, 2.45) is 9.98 Å². The SMILES string of the molecule is CC1=N/C(=C(/c2[nH]c(C)c(C#Cc3ccc(C)cc3)c2C)c2c(C)c(C)c(/C(=C3\N=C(C)C(C#Cc4ccc(C)cc4)=C3C)c3[nH]c(C)c(C#Cc4ccc(C)cc4)c3C)c(C)c2C)C(C)=C1C#Cc1ccc(C)cc1. The summed E-state index contributed by atoms with van der Waals surface area (Å²) in [6.07, 6.45) is 0. The van der Waals surface area contributed by atoms with Gasteiger partial charge in [-0.1, -0.05) is 118 Å². The molecule has 2 N–H and O–H groups in total. The molecule has 0 atom stereocenters. The monoisotopic (exact) mass is 987 g/mol. The Morgan fingerprint density at radius 3 is 0.855 bits per heavy atom. The van der Waals surface area contributed by atoms with Crippen LogP contribution in [-0.2, 0) is 0 Å². The first-order valence-electron chi connectivity index (χ1n) is 26.2. The summed E-state index contributed by atoms with van der Waals surface area (Å²) in [5, 5.41) is 0. The van der Waals surface area contributed by atoms with Crippen LogP contribution in [0.4, 0.5) is 0 Å². The Balaban J connectivity index is 1.31. The molecular formula is C72H66N4. The summed E-state index contributed by atoms with van der Waals surface area (Å²) in [6, 6.07) is 33.6. The number of hydrogen-bond donors (Lipinski definition) is 2. The third kappa shape index (κ3) is 10.1. The Labute approximate surface area is 452 Å². The van der Waals surface area contributed by atoms with Crippen LogP contribution in [0.25, 0.3) is 11.1 Å². The van der Waals surface area contributed by atoms with Crippen molar-refractivity contribution in [3.8, 4) is 47.4 Å². The van der Waals surface area contributed by atoms with Gasteiger partial charge in [0.1, 0.15) is 0 Å². The van der Waals surface area contributed by atoms with E-state index >= 15 is 0 Å². The number of H-pyrrole nitrogens is 2. The van der Waals surface area contributed by atoms with Gasteiger partial charge >= 0.3 is 0 Å². The molecule has 4 heteroatoms. The minimum atomic E-state index is 0.897. The first-order valence-corrected chi connectivity index (χ1v) is 26.2. The third-order valence-electron chi connectivity index (χ3n) is 15.3. The average Bonchev–Trinajstić information content (AvgIpc) is 4.06. The van der Waals surface area contributed by atoms with E-state index in [0.29, 0.717) is 0 Å². The number of nitrogens with one attached hydrogen (secondary N) is 2. The minimum Gasteiger partial charge on any atom is -0.357 e. The van der Waals surface area contributed by atoms with Gasteiger partial charge in [-0.25, -0.2) is 0 Å². The highest BCUT2D eigenvalue weighted by atomic mass is 14.8. The van der Waals surface area contributed by atoms with Crippen molar-refractivity contribution in [3.63, 3.8) is 0 Å². The van der Waals surface area contributed by atoms with Crippen molar-refractivity contribution in [1.82, 2.24) is 9.97 Å². The minimum absolute atomic E-state index is 0.897. The summed E-state index contributed by atoms with van der Waals surface area (Å²) in [6.45, 7) is 34.6. The average molecular weight is 987 g/mol. The van der Waals surface area contributed by atoms with E-state index in [-0.39, 0.29) is 0 Å². The lowest BCUT2D eigenvalue weighted by Crippen LogP contribution is -2.10. The predicted molar refractivity (Wildman–Crippen MR) is 320 cm³/mol. The van der Waals surface area contributed by atoms with Crippen LogP contribution in [0.1, 0.15) is 151 Å². The largest absolute Gasteiger partial charge is 0.357 e. The Bertz CT molecular complexity index is 3740. The summed E-state index contributed by atoms with van der Waals surface area (Å²) in [5.41, 5.74) is 33.4. The van der Waals surface area contributed by atoms with E-state index in [4.69, 9.17) is 9.98 Å². The van der Waals surface area contributed by atoms with Gasteiger partial charge in [0, 0.05) is 55.9 Å². The molecule has 4 heterocycles. The molecule has 0 spiro atoms. The highest BCUT2D eigenvalue weighted by Gasteiger charge is 2.32. The Hall–Kier alpha value is -8.80. The van der Waals surface area contributed by atoms with E-state index in [1.807, 2.05) is 0 Å². The Morgan fingerprint density at radius 2 is 0.579 bits per heavy atom. The molecule has 0 aliphatic carbocycles. The second-order valence-electron chi connectivity index (χ2n) is 20.8. The molecule has 0 unspecified atom stereocenters. The number of aromatic amines is 2. The van der Waals surface area contributed by atoms with Crippen LogP contribution in [0.5, 0.6) is 0 Å². The quantitative estimate of drug-likeness (QED) is 0.165. The van der Waals surface area contributed by atoms with Crippen LogP contribution < -0.4 is 0 Å². The fraction of sp³-hybridized carbons (Fsp3) is 0.222. The van der Waals surface area contributed by atoms with Gasteiger partial charge in [0.25, 0.3) is 0 Å². The highest BCUT2D eigenvalue weighted by Crippen LogP contribution is 2.47. The third-order valence-corrected chi connectivity index (χ3v) is 15.3. The zero-order valence-electron chi connectivity index (χ0n) is 47.1. The molecule has 4 nitrogen and oxygen atoms in total. The van der Waals surface area contributed by atoms with Crippen LogP contribution in [0, 0.1) is 130 Å². The first-order chi connectivity index (χ1) is 36.3. The molecule has 0 radical (unpaired) electrons. The van der Waals surface area contributed by atoms with Crippen molar-refractivity contribution in [1.29, 1.82) is 0 Å². The topological polar surface area (TPSA) is 56.3 Å². The number of aryl methyl sites for hydroxylation is 6. The number of aliphatic imine (C=N–C) groups is 2. The van der Waals surface area contributed by atoms with E-state index in [2.05, 4.69) is 265 Å². The molecule has 76 heavy (non-hydrogen) atoms. The standard InChI is InChI=1S/C72H66N4/c1-41-17-25-57(26-18-41)33-37-61-49(9)69(73-53(61)13)67(70-50(10)62(54(14)74-70)38-34-58-27-19-42(2)20-28-58)65-45(5)47(7)66(48(8)46(65)6)68(71-51(11)63(55(15)75-71)39-35-59-29-21-43(3)22-30-59)72-52(12)64(56(16)76-72)40-36-60-31-23-44(4)24-32-60/h17-32,73,75H,1-16H3/b70-67+,72-68+. The summed E-state index contributed by atoms with van der Waals surface area (Å²) >= 11 is 0. The number of aromatic nitrogens is 2. The second kappa shape index (κ2) is 21.2. The molecule has 374 valence electrons. The Kier molecular flexibility index (Phi) is 14.5. The van der Waals surface area contributed by atoms with Crippen LogP contribution in [0.15, 0.2) is 141 Å². The lowest BCUT2D eigenvalue weighted by atomic mass is 9.79. The summed E-state index contributed by atoms with van der Waals surface area (Å²) in [4.78, 5) is 18.7. The Morgan fingerprint density at radius 1 is 0.316 bits per heavy atom. The van der Waals surface area contributed by atoms with E-state index in [0.717, 1.165) is 157 Å². The maximum Gasteiger partial charge on any atom is 0.0775 e. The van der Waals surface area contributed by atoms with Gasteiger partial charge in [-0.05, 0) is 215 Å². The summed E-state index contributed by atoms with van der Waals surface area (Å²) in [5.74, 6) is 28.1. The molecule has 2 aliphatic heterocycles. The number of rotatable bonds is 4. The zero-order chi connectivity index (χ0) is 54.3. The lowest BCUT2D eigenvalue weighted by Gasteiger charge is -2.26. The fourth-order valence-electron chi connectivity index (χ4n) is 10.5. The number of allylic oxidation sites excluding steroid dienone is 4. The van der Waals surface area contributed by atoms with E-state index in [9.17, 15) is 0 Å². The van der Waals surface area contributed by atoms with Gasteiger partial charge < -0.3 is 9.97 Å². The molecule has 2 aliphatic rings. The zero-order valence-corrected chi connectivity index (χ0v) is 47.1. The van der Waals surface area contributed by atoms with Gasteiger partial charge in [0.05, 0.1) is 45.4 Å². The molecule has 0 bridgehead atoms. The van der Waals surface area contributed by atoms with E-state index in [1.54, 1.807) is 0 Å². The highest BCUT2D eigenvalue weighted by molar-refractivity contribution is 6.10. The van der Waals surface area contributed by atoms with Crippen LogP contribution >= 0.6 is 0 Å². The van der Waals surface area contributed by atoms with Crippen molar-refractivity contribution >= 4 is 22.6 Å². The molecule has 5 aromatic carbocycles. The fourth-order valence-corrected chi connectivity index (χ4v) is 10.5. The van der Waals surface area contributed by atoms with Gasteiger partial charge in [-0.3, -0.25) is 9.98 Å². The summed E-state index contributed by atoms with van der Waals surface area (Å²) < 4.78 is 0. The van der Waals surface area contributed by atoms with Crippen molar-refractivity contribution in [2.75, 3.05) is 0 Å². The van der Waals surface area contributed by atoms with Crippen LogP contribution in [0.2, 0.25) is 0 Å². The van der Waals surface area contributed by atoms with Gasteiger partial charge in [0.15, 0.2) is 0 Å². The molecule has 7 aromatic rings. The predicted octanol–water partition coefficient (Wildman–Crippen LogP) is 16.0. The van der Waals surface area contributed by atoms with Crippen LogP contribution in [0.3, 0.4) is 0 Å². The van der Waals surface area contributed by atoms with Crippen molar-refractivity contribution in [2.45, 2.75) is 111 Å². The molecule has 0 amide bonds. The van der Waals surface area contributed by atoms with E-state index < -0.39 is 0 Å². The maximum absolute atomic E-state index is 5.46. The smallest absolute Gasteiger partial charge is 0.0775 e. The van der Waals surface area contributed by atoms with Gasteiger partial charge in [-0.2, -0.15) is 0 Å². The first kappa shape index (κ1) is 52.1. The molecule has 9 rings (SSSR count). The van der Waals surface area contributed by atoms with E-state index in [1.165, 1.54) is 22.3 Å². The molecule has 0 saturated carbocycles. The lowest BCUT2D eigenvalue weighted by molar-refractivity contribution is 1.14. The molecular weight excluding hydrogens is 921 g/mol. The van der Waals surface area contributed by atoms with Crippen LogP contribution in [-0.4, -0.2) is 21.4 Å². The number of hydrogen-bond acceptors (Lipinski definition) is 2. The van der Waals surface area contributed by atoms with Gasteiger partial charge in [-0.15, -0.1) is 0 Å². The number of nitrogens with zero attached hydrogens (tertiary/aromatic N) is 2. The molecule has 0 fully saturated rings. The molecule has 2 aromatic heterocycles. The molecule has 0 saturated heterocycles. The summed E-state index contributed by atoms with van der Waals surface area (Å²) in [7, 11) is 0. The number of benzene rings is 5. The van der Waals surface area contributed by atoms with Crippen molar-refractivity contribution < 1.29 is 0 Å². The van der Waals surface area contributed by atoms with Crippen molar-refractivity contribution in [3.05, 3.63) is 254 Å².